The van der Waals surface area contributed by atoms with Crippen molar-refractivity contribution in [2.75, 3.05) is 17.3 Å². The first-order valence-corrected chi connectivity index (χ1v) is 10.5. The van der Waals surface area contributed by atoms with Gasteiger partial charge in [-0.3, -0.25) is 4.79 Å². The number of amides is 3. The zero-order valence-corrected chi connectivity index (χ0v) is 18.5. The standard InChI is InChI=1S/C24H18ClF3N4O2/c1-32-19-12-11-15(25)13-16(19)20(14-7-3-2-4-8-14)30-21(22(32)33)31-23(34)29-18-10-6-5-9-17(18)24(26,27)28/h2-13,21H,1H3,(H2,29,31,34). The molecule has 0 saturated heterocycles. The second-order valence-corrected chi connectivity index (χ2v) is 7.88. The molecule has 0 spiro atoms. The van der Waals surface area contributed by atoms with Gasteiger partial charge < -0.3 is 15.5 Å². The summed E-state index contributed by atoms with van der Waals surface area (Å²) in [6.07, 6.45) is -6.06. The Kier molecular flexibility index (Phi) is 6.30. The molecule has 0 bridgehead atoms. The van der Waals surface area contributed by atoms with Crippen molar-refractivity contribution in [3.63, 3.8) is 0 Å². The number of nitrogens with zero attached hydrogens (tertiary/aromatic N) is 2. The lowest BCUT2D eigenvalue weighted by Gasteiger charge is -2.21. The molecule has 6 nitrogen and oxygen atoms in total. The monoisotopic (exact) mass is 486 g/mol. The van der Waals surface area contributed by atoms with E-state index in [2.05, 4.69) is 15.6 Å². The summed E-state index contributed by atoms with van der Waals surface area (Å²) in [5, 5.41) is 4.99. The minimum atomic E-state index is -4.66. The Morgan fingerprint density at radius 1 is 1.03 bits per heavy atom. The highest BCUT2D eigenvalue weighted by molar-refractivity contribution is 6.32. The lowest BCUT2D eigenvalue weighted by atomic mass is 10.0. The van der Waals surface area contributed by atoms with Crippen LogP contribution in [0, 0.1) is 0 Å². The molecule has 0 aliphatic carbocycles. The minimum Gasteiger partial charge on any atom is -0.311 e. The average molecular weight is 487 g/mol. The summed E-state index contributed by atoms with van der Waals surface area (Å²) in [5.41, 5.74) is 0.709. The van der Waals surface area contributed by atoms with Gasteiger partial charge in [-0.05, 0) is 30.3 Å². The first-order chi connectivity index (χ1) is 16.1. The maximum Gasteiger partial charge on any atom is 0.418 e. The van der Waals surface area contributed by atoms with Crippen molar-refractivity contribution in [3.05, 3.63) is 94.5 Å². The molecule has 1 aliphatic heterocycles. The molecule has 3 amide bonds. The van der Waals surface area contributed by atoms with Gasteiger partial charge in [-0.2, -0.15) is 13.2 Å². The topological polar surface area (TPSA) is 73.8 Å². The van der Waals surface area contributed by atoms with Gasteiger partial charge in [-0.25, -0.2) is 9.79 Å². The Morgan fingerprint density at radius 3 is 2.41 bits per heavy atom. The van der Waals surface area contributed by atoms with Crippen molar-refractivity contribution in [1.29, 1.82) is 0 Å². The number of rotatable bonds is 3. The minimum absolute atomic E-state index is 0.400. The molecule has 0 radical (unpaired) electrons. The molecule has 1 heterocycles. The quantitative estimate of drug-likeness (QED) is 0.526. The summed E-state index contributed by atoms with van der Waals surface area (Å²) in [7, 11) is 1.52. The van der Waals surface area contributed by atoms with Crippen LogP contribution >= 0.6 is 11.6 Å². The lowest BCUT2D eigenvalue weighted by Crippen LogP contribution is -2.47. The Morgan fingerprint density at radius 2 is 1.71 bits per heavy atom. The van der Waals surface area contributed by atoms with Crippen LogP contribution in [0.3, 0.4) is 0 Å². The van der Waals surface area contributed by atoms with Gasteiger partial charge in [0.25, 0.3) is 5.91 Å². The SMILES string of the molecule is CN1C(=O)C(NC(=O)Nc2ccccc2C(F)(F)F)N=C(c2ccccc2)c2cc(Cl)ccc21. The largest absolute Gasteiger partial charge is 0.418 e. The van der Waals surface area contributed by atoms with E-state index in [9.17, 15) is 22.8 Å². The van der Waals surface area contributed by atoms with Gasteiger partial charge >= 0.3 is 12.2 Å². The van der Waals surface area contributed by atoms with Crippen molar-refractivity contribution >= 4 is 40.6 Å². The molecule has 1 unspecified atom stereocenters. The van der Waals surface area contributed by atoms with E-state index in [-0.39, 0.29) is 0 Å². The number of hydrogen-bond acceptors (Lipinski definition) is 3. The summed E-state index contributed by atoms with van der Waals surface area (Å²) < 4.78 is 39.8. The number of aliphatic imine (C=N–C) groups is 1. The summed E-state index contributed by atoms with van der Waals surface area (Å²) in [5.74, 6) is -0.575. The van der Waals surface area contributed by atoms with E-state index in [0.717, 1.165) is 12.1 Å². The molecule has 0 saturated carbocycles. The highest BCUT2D eigenvalue weighted by atomic mass is 35.5. The Hall–Kier alpha value is -3.85. The molecule has 0 fully saturated rings. The molecule has 3 aromatic rings. The number of likely N-dealkylation sites (N-methyl/N-ethyl adjacent to an activating group) is 1. The number of urea groups is 1. The van der Waals surface area contributed by atoms with E-state index >= 15 is 0 Å². The molecular formula is C24H18ClF3N4O2. The second-order valence-electron chi connectivity index (χ2n) is 7.45. The maximum atomic E-state index is 13.3. The van der Waals surface area contributed by atoms with Crippen LogP contribution in [0.1, 0.15) is 16.7 Å². The number of para-hydroxylation sites is 1. The zero-order chi connectivity index (χ0) is 24.5. The van der Waals surface area contributed by atoms with Crippen molar-refractivity contribution < 1.29 is 22.8 Å². The number of carbonyl (C=O) groups excluding carboxylic acids is 2. The smallest absolute Gasteiger partial charge is 0.311 e. The Balaban J connectivity index is 1.70. The number of carbonyl (C=O) groups is 2. The van der Waals surface area contributed by atoms with Crippen LogP contribution in [0.15, 0.2) is 77.8 Å². The molecule has 1 aliphatic rings. The van der Waals surface area contributed by atoms with Gasteiger partial charge in [-0.15, -0.1) is 0 Å². The highest BCUT2D eigenvalue weighted by Crippen LogP contribution is 2.34. The predicted molar refractivity (Wildman–Crippen MR) is 124 cm³/mol. The van der Waals surface area contributed by atoms with E-state index in [1.54, 1.807) is 42.5 Å². The van der Waals surface area contributed by atoms with Gasteiger partial charge in [-0.1, -0.05) is 54.1 Å². The number of alkyl halides is 3. The fourth-order valence-electron chi connectivity index (χ4n) is 3.59. The summed E-state index contributed by atoms with van der Waals surface area (Å²) in [6, 6.07) is 17.5. The molecule has 4 rings (SSSR count). The van der Waals surface area contributed by atoms with E-state index < -0.39 is 35.5 Å². The van der Waals surface area contributed by atoms with Crippen molar-refractivity contribution in [3.8, 4) is 0 Å². The Labute approximate surface area is 198 Å². The first kappa shape index (κ1) is 23.3. The zero-order valence-electron chi connectivity index (χ0n) is 17.7. The molecule has 174 valence electrons. The van der Waals surface area contributed by atoms with Crippen molar-refractivity contribution in [2.45, 2.75) is 12.3 Å². The van der Waals surface area contributed by atoms with Crippen LogP contribution in [0.5, 0.6) is 0 Å². The number of benzodiazepines with no additional fused rings is 1. The number of benzene rings is 3. The number of halogens is 4. The predicted octanol–water partition coefficient (Wildman–Crippen LogP) is 5.32. The normalized spacial score (nSPS) is 15.8. The van der Waals surface area contributed by atoms with Gasteiger partial charge in [0.2, 0.25) is 6.17 Å². The number of hydrogen-bond donors (Lipinski definition) is 2. The van der Waals surface area contributed by atoms with Gasteiger partial charge in [0.05, 0.1) is 22.6 Å². The number of fused-ring (bicyclic) bond motifs is 1. The molecule has 2 N–H and O–H groups in total. The highest BCUT2D eigenvalue weighted by Gasteiger charge is 2.35. The maximum absolute atomic E-state index is 13.3. The van der Waals surface area contributed by atoms with Gasteiger partial charge in [0.1, 0.15) is 0 Å². The van der Waals surface area contributed by atoms with Crippen LogP contribution in [0.25, 0.3) is 0 Å². The van der Waals surface area contributed by atoms with Crippen LogP contribution in [-0.4, -0.2) is 30.9 Å². The fourth-order valence-corrected chi connectivity index (χ4v) is 3.76. The Bertz CT molecular complexity index is 1280. The van der Waals surface area contributed by atoms with Crippen LogP contribution in [-0.2, 0) is 11.0 Å². The first-order valence-electron chi connectivity index (χ1n) is 10.1. The van der Waals surface area contributed by atoms with Gasteiger partial charge in [0.15, 0.2) is 0 Å². The second kappa shape index (κ2) is 9.18. The molecule has 1 atom stereocenters. The third kappa shape index (κ3) is 4.74. The van der Waals surface area contributed by atoms with E-state index in [1.807, 2.05) is 6.07 Å². The third-order valence-corrected chi connectivity index (χ3v) is 5.43. The fraction of sp³-hybridized carbons (Fsp3) is 0.125. The van der Waals surface area contributed by atoms with Crippen molar-refractivity contribution in [1.82, 2.24) is 5.32 Å². The van der Waals surface area contributed by atoms with E-state index in [4.69, 9.17) is 11.6 Å². The molecule has 10 heteroatoms. The van der Waals surface area contributed by atoms with Crippen LogP contribution in [0.2, 0.25) is 5.02 Å². The average Bonchev–Trinajstić information content (AvgIpc) is 2.89. The number of nitrogens with one attached hydrogen (secondary N) is 2. The van der Waals surface area contributed by atoms with E-state index in [0.29, 0.717) is 27.5 Å². The number of anilines is 2. The summed E-state index contributed by atoms with van der Waals surface area (Å²) >= 11 is 6.20. The third-order valence-electron chi connectivity index (χ3n) is 5.19. The van der Waals surface area contributed by atoms with Gasteiger partial charge in [0, 0.05) is 23.2 Å². The van der Waals surface area contributed by atoms with E-state index in [1.165, 1.54) is 24.1 Å². The molecule has 0 aromatic heterocycles. The summed E-state index contributed by atoms with van der Waals surface area (Å²) in [4.78, 5) is 31.6. The van der Waals surface area contributed by atoms with Crippen LogP contribution < -0.4 is 15.5 Å². The lowest BCUT2D eigenvalue weighted by molar-refractivity contribution is -0.137. The molecular weight excluding hydrogens is 469 g/mol. The summed E-state index contributed by atoms with van der Waals surface area (Å²) in [6.45, 7) is 0. The van der Waals surface area contributed by atoms with Crippen molar-refractivity contribution in [2.24, 2.45) is 4.99 Å². The molecule has 34 heavy (non-hydrogen) atoms. The van der Waals surface area contributed by atoms with Crippen LogP contribution in [0.4, 0.5) is 29.3 Å². The molecule has 3 aromatic carbocycles.